The van der Waals surface area contributed by atoms with Crippen LogP contribution in [-0.2, 0) is 4.74 Å². The minimum Gasteiger partial charge on any atom is -0.368 e. The first kappa shape index (κ1) is 9.48. The smallest absolute Gasteiger partial charge is 0.125 e. The van der Waals surface area contributed by atoms with E-state index in [2.05, 4.69) is 34.5 Å². The standard InChI is InChI=1S/C13H14N2O/c1-2-6-12(7-3-1)15-10-16-9-11-5-4-8-14-13(11)15/h1-7,14H,8-10H2. The van der Waals surface area contributed by atoms with E-state index in [1.165, 1.54) is 11.4 Å². The van der Waals surface area contributed by atoms with Gasteiger partial charge in [0, 0.05) is 17.8 Å². The highest BCUT2D eigenvalue weighted by atomic mass is 16.5. The van der Waals surface area contributed by atoms with Crippen LogP contribution in [0.1, 0.15) is 0 Å². The maximum Gasteiger partial charge on any atom is 0.125 e. The van der Waals surface area contributed by atoms with E-state index in [1.807, 2.05) is 18.2 Å². The van der Waals surface area contributed by atoms with E-state index in [-0.39, 0.29) is 0 Å². The second-order valence-electron chi connectivity index (χ2n) is 3.90. The van der Waals surface area contributed by atoms with Crippen molar-refractivity contribution in [1.82, 2.24) is 5.32 Å². The molecule has 3 heteroatoms. The second-order valence-corrected chi connectivity index (χ2v) is 3.90. The van der Waals surface area contributed by atoms with Gasteiger partial charge >= 0.3 is 0 Å². The van der Waals surface area contributed by atoms with Crippen LogP contribution in [0.4, 0.5) is 5.69 Å². The Morgan fingerprint density at radius 3 is 2.94 bits per heavy atom. The van der Waals surface area contributed by atoms with Crippen molar-refractivity contribution < 1.29 is 4.74 Å². The van der Waals surface area contributed by atoms with Gasteiger partial charge < -0.3 is 15.0 Å². The Morgan fingerprint density at radius 1 is 1.19 bits per heavy atom. The van der Waals surface area contributed by atoms with Gasteiger partial charge in [-0.05, 0) is 12.1 Å². The lowest BCUT2D eigenvalue weighted by atomic mass is 10.1. The van der Waals surface area contributed by atoms with E-state index in [1.54, 1.807) is 0 Å². The van der Waals surface area contributed by atoms with Gasteiger partial charge in [0.25, 0.3) is 0 Å². The van der Waals surface area contributed by atoms with E-state index >= 15 is 0 Å². The monoisotopic (exact) mass is 214 g/mol. The van der Waals surface area contributed by atoms with Crippen LogP contribution in [0.25, 0.3) is 0 Å². The first-order chi connectivity index (χ1) is 7.95. The highest BCUT2D eigenvalue weighted by Gasteiger charge is 2.21. The van der Waals surface area contributed by atoms with Crippen LogP contribution in [0.15, 0.2) is 53.9 Å². The van der Waals surface area contributed by atoms with Crippen LogP contribution >= 0.6 is 0 Å². The molecule has 0 amide bonds. The summed E-state index contributed by atoms with van der Waals surface area (Å²) in [5.74, 6) is 1.18. The zero-order chi connectivity index (χ0) is 10.8. The van der Waals surface area contributed by atoms with Gasteiger partial charge in [-0.1, -0.05) is 30.4 Å². The van der Waals surface area contributed by atoms with Gasteiger partial charge in [-0.15, -0.1) is 0 Å². The molecule has 0 saturated heterocycles. The lowest BCUT2D eigenvalue weighted by Crippen LogP contribution is -2.40. The molecule has 0 unspecified atom stereocenters. The van der Waals surface area contributed by atoms with E-state index in [4.69, 9.17) is 4.74 Å². The summed E-state index contributed by atoms with van der Waals surface area (Å²) in [6.45, 7) is 2.20. The molecular formula is C13H14N2O. The molecule has 3 rings (SSSR count). The number of dihydropyridines is 1. The molecule has 0 aliphatic carbocycles. The number of benzene rings is 1. The SMILES string of the molecule is C1=CC2=C(NC1)N(c1ccccc1)COC2. The third kappa shape index (κ3) is 1.59. The largest absolute Gasteiger partial charge is 0.368 e. The summed E-state index contributed by atoms with van der Waals surface area (Å²) in [6.07, 6.45) is 4.26. The average Bonchev–Trinajstić information content (AvgIpc) is 2.39. The first-order valence-electron chi connectivity index (χ1n) is 5.49. The fourth-order valence-corrected chi connectivity index (χ4v) is 2.06. The normalized spacial score (nSPS) is 19.4. The zero-order valence-electron chi connectivity index (χ0n) is 9.02. The van der Waals surface area contributed by atoms with Crippen LogP contribution < -0.4 is 10.2 Å². The quantitative estimate of drug-likeness (QED) is 0.772. The molecule has 0 spiro atoms. The molecule has 82 valence electrons. The topological polar surface area (TPSA) is 24.5 Å². The molecular weight excluding hydrogens is 200 g/mol. The molecule has 1 aromatic rings. The van der Waals surface area contributed by atoms with E-state index in [0.717, 1.165) is 12.2 Å². The lowest BCUT2D eigenvalue weighted by molar-refractivity contribution is 0.147. The van der Waals surface area contributed by atoms with E-state index < -0.39 is 0 Å². The summed E-state index contributed by atoms with van der Waals surface area (Å²) in [4.78, 5) is 2.17. The summed E-state index contributed by atoms with van der Waals surface area (Å²) >= 11 is 0. The molecule has 1 N–H and O–H groups in total. The lowest BCUT2D eigenvalue weighted by Gasteiger charge is -2.34. The Morgan fingerprint density at radius 2 is 2.06 bits per heavy atom. The molecule has 1 aromatic carbocycles. The maximum absolute atomic E-state index is 5.58. The molecule has 0 atom stereocenters. The first-order valence-corrected chi connectivity index (χ1v) is 5.49. The summed E-state index contributed by atoms with van der Waals surface area (Å²) < 4.78 is 5.58. The number of nitrogens with zero attached hydrogens (tertiary/aromatic N) is 1. The average molecular weight is 214 g/mol. The van der Waals surface area contributed by atoms with Crippen molar-refractivity contribution >= 4 is 5.69 Å². The van der Waals surface area contributed by atoms with Crippen molar-refractivity contribution in [2.75, 3.05) is 24.8 Å². The summed E-state index contributed by atoms with van der Waals surface area (Å²) in [6, 6.07) is 10.3. The molecule has 2 aliphatic rings. The van der Waals surface area contributed by atoms with Crippen LogP contribution in [0.2, 0.25) is 0 Å². The number of anilines is 1. The molecule has 0 saturated carbocycles. The molecule has 0 aromatic heterocycles. The zero-order valence-corrected chi connectivity index (χ0v) is 9.02. The van der Waals surface area contributed by atoms with Crippen LogP contribution in [-0.4, -0.2) is 19.9 Å². The van der Waals surface area contributed by atoms with Crippen molar-refractivity contribution in [1.29, 1.82) is 0 Å². The molecule has 0 fully saturated rings. The predicted molar refractivity (Wildman–Crippen MR) is 63.9 cm³/mol. The Balaban J connectivity index is 1.99. The van der Waals surface area contributed by atoms with Gasteiger partial charge in [-0.2, -0.15) is 0 Å². The second kappa shape index (κ2) is 4.02. The van der Waals surface area contributed by atoms with Crippen LogP contribution in [0.5, 0.6) is 0 Å². The van der Waals surface area contributed by atoms with Crippen molar-refractivity contribution in [3.05, 3.63) is 53.9 Å². The fraction of sp³-hybridized carbons (Fsp3) is 0.231. The van der Waals surface area contributed by atoms with Crippen molar-refractivity contribution in [2.24, 2.45) is 0 Å². The van der Waals surface area contributed by atoms with Gasteiger partial charge in [0.2, 0.25) is 0 Å². The molecule has 2 aliphatic heterocycles. The minimum absolute atomic E-state index is 0.615. The highest BCUT2D eigenvalue weighted by molar-refractivity contribution is 5.54. The maximum atomic E-state index is 5.58. The molecule has 0 bridgehead atoms. The number of hydrogen-bond donors (Lipinski definition) is 1. The Labute approximate surface area is 95.0 Å². The van der Waals surface area contributed by atoms with E-state index in [0.29, 0.717) is 13.3 Å². The number of ether oxygens (including phenoxy) is 1. The van der Waals surface area contributed by atoms with Gasteiger partial charge in [-0.3, -0.25) is 0 Å². The molecule has 16 heavy (non-hydrogen) atoms. The number of nitrogens with one attached hydrogen (secondary N) is 1. The fourth-order valence-electron chi connectivity index (χ4n) is 2.06. The summed E-state index contributed by atoms with van der Waals surface area (Å²) in [7, 11) is 0. The third-order valence-electron chi connectivity index (χ3n) is 2.83. The van der Waals surface area contributed by atoms with Crippen molar-refractivity contribution in [3.63, 3.8) is 0 Å². The summed E-state index contributed by atoms with van der Waals surface area (Å²) in [5, 5.41) is 3.41. The minimum atomic E-state index is 0.615. The predicted octanol–water partition coefficient (Wildman–Crippen LogP) is 1.85. The number of para-hydroxylation sites is 1. The van der Waals surface area contributed by atoms with Crippen LogP contribution in [0, 0.1) is 0 Å². The van der Waals surface area contributed by atoms with Gasteiger partial charge in [0.15, 0.2) is 0 Å². The Hall–Kier alpha value is -1.74. The van der Waals surface area contributed by atoms with Crippen molar-refractivity contribution in [2.45, 2.75) is 0 Å². The van der Waals surface area contributed by atoms with E-state index in [9.17, 15) is 0 Å². The Bertz CT molecular complexity index is 437. The third-order valence-corrected chi connectivity index (χ3v) is 2.83. The number of hydrogen-bond acceptors (Lipinski definition) is 3. The number of rotatable bonds is 1. The summed E-state index contributed by atoms with van der Waals surface area (Å²) in [5.41, 5.74) is 2.39. The van der Waals surface area contributed by atoms with Gasteiger partial charge in [0.05, 0.1) is 6.61 Å². The van der Waals surface area contributed by atoms with Crippen molar-refractivity contribution in [3.8, 4) is 0 Å². The molecule has 3 nitrogen and oxygen atoms in total. The van der Waals surface area contributed by atoms with Crippen LogP contribution in [0.3, 0.4) is 0 Å². The van der Waals surface area contributed by atoms with Gasteiger partial charge in [0.1, 0.15) is 12.6 Å². The highest BCUT2D eigenvalue weighted by Crippen LogP contribution is 2.24. The van der Waals surface area contributed by atoms with Gasteiger partial charge in [-0.25, -0.2) is 0 Å². The Kier molecular flexibility index (Phi) is 2.38. The molecule has 2 heterocycles. The molecule has 0 radical (unpaired) electrons.